The number of nitrogens with two attached hydrogens (primary N) is 1. The Labute approximate surface area is 173 Å². The Morgan fingerprint density at radius 2 is 1.97 bits per heavy atom. The van der Waals surface area contributed by atoms with Crippen molar-refractivity contribution in [2.45, 2.75) is 0 Å². The van der Waals surface area contributed by atoms with Crippen LogP contribution in [0.15, 0.2) is 55.1 Å². The van der Waals surface area contributed by atoms with Crippen LogP contribution in [0.1, 0.15) is 10.4 Å². The summed E-state index contributed by atoms with van der Waals surface area (Å²) in [6, 6.07) is 9.13. The largest absolute Gasteiger partial charge is 0.382 e. The Hall–Kier alpha value is -3.85. The van der Waals surface area contributed by atoms with Gasteiger partial charge in [0.05, 0.1) is 22.5 Å². The van der Waals surface area contributed by atoms with E-state index in [1.807, 2.05) is 43.4 Å². The third-order valence-corrected chi connectivity index (χ3v) is 4.59. The molecule has 9 heteroatoms. The number of hydrogen-bond acceptors (Lipinski definition) is 7. The molecule has 4 heterocycles. The molecule has 0 spiro atoms. The number of hydrogen-bond donors (Lipinski definition) is 2. The molecule has 0 fully saturated rings. The fraction of sp³-hybridized carbons (Fsp3) is 0.190. The monoisotopic (exact) mass is 402 g/mol. The van der Waals surface area contributed by atoms with E-state index in [0.29, 0.717) is 40.5 Å². The van der Waals surface area contributed by atoms with Crippen LogP contribution in [-0.2, 0) is 0 Å². The normalized spacial score (nSPS) is 11.2. The number of anilines is 1. The third-order valence-electron chi connectivity index (χ3n) is 4.59. The maximum atomic E-state index is 12.2. The maximum absolute atomic E-state index is 12.2. The number of nitrogens with one attached hydrogen (secondary N) is 1. The van der Waals surface area contributed by atoms with Crippen LogP contribution >= 0.6 is 0 Å². The van der Waals surface area contributed by atoms with Gasteiger partial charge in [-0.15, -0.1) is 5.10 Å². The molecule has 3 N–H and O–H groups in total. The van der Waals surface area contributed by atoms with Crippen molar-refractivity contribution >= 4 is 17.4 Å². The van der Waals surface area contributed by atoms with Crippen LogP contribution < -0.4 is 11.1 Å². The molecule has 1 amide bonds. The van der Waals surface area contributed by atoms with Crippen molar-refractivity contribution < 1.29 is 4.79 Å². The molecule has 0 saturated heterocycles. The van der Waals surface area contributed by atoms with Gasteiger partial charge in [0.25, 0.3) is 5.91 Å². The van der Waals surface area contributed by atoms with Gasteiger partial charge >= 0.3 is 0 Å². The fourth-order valence-electron chi connectivity index (χ4n) is 3.03. The number of fused-ring (bicyclic) bond motifs is 1. The smallest absolute Gasteiger partial charge is 0.252 e. The summed E-state index contributed by atoms with van der Waals surface area (Å²) in [6.07, 6.45) is 6.78. The van der Waals surface area contributed by atoms with Gasteiger partial charge in [-0.05, 0) is 38.4 Å². The third kappa shape index (κ3) is 3.96. The number of carbonyl (C=O) groups excluding carboxylic acids is 1. The van der Waals surface area contributed by atoms with E-state index in [-0.39, 0.29) is 5.91 Å². The highest BCUT2D eigenvalue weighted by molar-refractivity contribution is 5.94. The number of nitrogen functional groups attached to an aromatic ring is 1. The van der Waals surface area contributed by atoms with Crippen molar-refractivity contribution in [3.05, 3.63) is 60.7 Å². The number of carbonyl (C=O) groups is 1. The van der Waals surface area contributed by atoms with Crippen molar-refractivity contribution in [1.82, 2.24) is 34.8 Å². The summed E-state index contributed by atoms with van der Waals surface area (Å²) < 4.78 is 1.62. The molecule has 0 atom stereocenters. The van der Waals surface area contributed by atoms with E-state index >= 15 is 0 Å². The van der Waals surface area contributed by atoms with Gasteiger partial charge in [-0.3, -0.25) is 14.8 Å². The van der Waals surface area contributed by atoms with Crippen molar-refractivity contribution in [2.75, 3.05) is 32.9 Å². The lowest BCUT2D eigenvalue weighted by Gasteiger charge is -2.10. The van der Waals surface area contributed by atoms with Gasteiger partial charge in [0, 0.05) is 43.4 Å². The van der Waals surface area contributed by atoms with Crippen molar-refractivity contribution in [3.8, 4) is 22.5 Å². The minimum absolute atomic E-state index is 0.149. The summed E-state index contributed by atoms with van der Waals surface area (Å²) in [5, 5.41) is 7.24. The molecule has 4 rings (SSSR count). The fourth-order valence-corrected chi connectivity index (χ4v) is 3.03. The van der Waals surface area contributed by atoms with Gasteiger partial charge in [0.15, 0.2) is 11.5 Å². The zero-order chi connectivity index (χ0) is 21.1. The first-order valence-electron chi connectivity index (χ1n) is 9.47. The first kappa shape index (κ1) is 19.5. The summed E-state index contributed by atoms with van der Waals surface area (Å²) in [5.41, 5.74) is 10.1. The first-order chi connectivity index (χ1) is 14.5. The zero-order valence-electron chi connectivity index (χ0n) is 16.8. The molecular weight excluding hydrogens is 380 g/mol. The average molecular weight is 402 g/mol. The summed E-state index contributed by atoms with van der Waals surface area (Å²) in [4.78, 5) is 27.5. The molecule has 0 bridgehead atoms. The van der Waals surface area contributed by atoms with Gasteiger partial charge in [-0.1, -0.05) is 6.07 Å². The summed E-state index contributed by atoms with van der Waals surface area (Å²) in [5.74, 6) is 0.209. The number of likely N-dealkylation sites (N-methyl/N-ethyl adjacent to an activating group) is 1. The lowest BCUT2D eigenvalue weighted by molar-refractivity contribution is 0.0950. The average Bonchev–Trinajstić information content (AvgIpc) is 3.09. The van der Waals surface area contributed by atoms with Crippen LogP contribution in [0.5, 0.6) is 0 Å². The van der Waals surface area contributed by atoms with Gasteiger partial charge in [-0.25, -0.2) is 9.50 Å². The number of rotatable bonds is 6. The van der Waals surface area contributed by atoms with Gasteiger partial charge in [0.1, 0.15) is 0 Å². The van der Waals surface area contributed by atoms with E-state index in [1.165, 1.54) is 0 Å². The molecular formula is C21H22N8O. The van der Waals surface area contributed by atoms with Crippen LogP contribution in [-0.4, -0.2) is 62.6 Å². The van der Waals surface area contributed by atoms with Crippen molar-refractivity contribution in [2.24, 2.45) is 0 Å². The predicted octanol–water partition coefficient (Wildman–Crippen LogP) is 1.73. The molecule has 30 heavy (non-hydrogen) atoms. The SMILES string of the molecule is CN(C)CCNC(=O)c1ccc(-c2cnc3c(-c4ccccn4)c(N)nn3c2)nc1. The molecule has 0 aromatic carbocycles. The molecule has 0 aliphatic rings. The number of aromatic nitrogens is 5. The van der Waals surface area contributed by atoms with Crippen molar-refractivity contribution in [1.29, 1.82) is 0 Å². The minimum atomic E-state index is -0.149. The van der Waals surface area contributed by atoms with Gasteiger partial charge in [0.2, 0.25) is 0 Å². The van der Waals surface area contributed by atoms with Gasteiger partial charge < -0.3 is 16.0 Å². The molecule has 0 aliphatic carbocycles. The van der Waals surface area contributed by atoms with E-state index in [0.717, 1.165) is 12.1 Å². The van der Waals surface area contributed by atoms with Crippen LogP contribution in [0, 0.1) is 0 Å². The molecule has 4 aromatic rings. The summed E-state index contributed by atoms with van der Waals surface area (Å²) in [7, 11) is 3.92. The number of amides is 1. The molecule has 4 aromatic heterocycles. The standard InChI is InChI=1S/C21H22N8O/c1-28(2)10-9-24-21(30)14-6-7-16(25-11-14)15-12-26-20-18(17-5-3-4-8-23-17)19(22)27-29(20)13-15/h3-8,11-13H,9-10H2,1-2H3,(H2,22,27)(H,24,30). The summed E-state index contributed by atoms with van der Waals surface area (Å²) >= 11 is 0. The zero-order valence-corrected chi connectivity index (χ0v) is 16.8. The summed E-state index contributed by atoms with van der Waals surface area (Å²) in [6.45, 7) is 1.35. The second-order valence-corrected chi connectivity index (χ2v) is 7.08. The van der Waals surface area contributed by atoms with Crippen LogP contribution in [0.25, 0.3) is 28.2 Å². The van der Waals surface area contributed by atoms with Crippen LogP contribution in [0.4, 0.5) is 5.82 Å². The van der Waals surface area contributed by atoms with E-state index in [2.05, 4.69) is 25.4 Å². The highest BCUT2D eigenvalue weighted by Crippen LogP contribution is 2.28. The molecule has 0 saturated carbocycles. The highest BCUT2D eigenvalue weighted by Gasteiger charge is 2.15. The Kier molecular flexibility index (Phi) is 5.36. The molecule has 9 nitrogen and oxygen atoms in total. The Balaban J connectivity index is 1.57. The predicted molar refractivity (Wildman–Crippen MR) is 115 cm³/mol. The number of nitrogens with zero attached hydrogens (tertiary/aromatic N) is 6. The maximum Gasteiger partial charge on any atom is 0.252 e. The van der Waals surface area contributed by atoms with E-state index in [4.69, 9.17) is 5.73 Å². The van der Waals surface area contributed by atoms with Gasteiger partial charge in [-0.2, -0.15) is 0 Å². The van der Waals surface area contributed by atoms with E-state index < -0.39 is 0 Å². The molecule has 0 radical (unpaired) electrons. The minimum Gasteiger partial charge on any atom is -0.382 e. The Morgan fingerprint density at radius 1 is 1.10 bits per heavy atom. The quantitative estimate of drug-likeness (QED) is 0.505. The highest BCUT2D eigenvalue weighted by atomic mass is 16.1. The number of pyridine rings is 2. The second kappa shape index (κ2) is 8.26. The van der Waals surface area contributed by atoms with E-state index in [1.54, 1.807) is 35.2 Å². The Morgan fingerprint density at radius 3 is 2.67 bits per heavy atom. The lowest BCUT2D eigenvalue weighted by Crippen LogP contribution is -2.31. The molecule has 152 valence electrons. The lowest BCUT2D eigenvalue weighted by atomic mass is 10.1. The molecule has 0 unspecified atom stereocenters. The van der Waals surface area contributed by atoms with Crippen molar-refractivity contribution in [3.63, 3.8) is 0 Å². The first-order valence-corrected chi connectivity index (χ1v) is 9.47. The van der Waals surface area contributed by atoms with Crippen LogP contribution in [0.3, 0.4) is 0 Å². The Bertz CT molecular complexity index is 1170. The van der Waals surface area contributed by atoms with E-state index in [9.17, 15) is 4.79 Å². The molecule has 0 aliphatic heterocycles. The topological polar surface area (TPSA) is 114 Å². The second-order valence-electron chi connectivity index (χ2n) is 7.08. The van der Waals surface area contributed by atoms with Crippen LogP contribution in [0.2, 0.25) is 0 Å².